The number of hydrogen-bond donors (Lipinski definition) is 1. The first-order valence-electron chi connectivity index (χ1n) is 11.7. The lowest BCUT2D eigenvalue weighted by atomic mass is 10.1. The number of amides is 1. The zero-order valence-electron chi connectivity index (χ0n) is 20.1. The quantitative estimate of drug-likeness (QED) is 0.467. The van der Waals surface area contributed by atoms with Gasteiger partial charge in [0.1, 0.15) is 5.69 Å². The fourth-order valence-corrected chi connectivity index (χ4v) is 4.05. The Morgan fingerprint density at radius 1 is 1.06 bits per heavy atom. The summed E-state index contributed by atoms with van der Waals surface area (Å²) >= 11 is 0. The molecule has 0 bridgehead atoms. The highest BCUT2D eigenvalue weighted by Crippen LogP contribution is 2.24. The molecule has 3 rings (SSSR count). The fourth-order valence-electron chi connectivity index (χ4n) is 4.05. The van der Waals surface area contributed by atoms with E-state index in [1.165, 1.54) is 5.56 Å². The van der Waals surface area contributed by atoms with Gasteiger partial charge in [0.05, 0.1) is 11.4 Å². The number of carbonyl (C=O) groups excluding carboxylic acids is 1. The van der Waals surface area contributed by atoms with Gasteiger partial charge in [0.25, 0.3) is 5.91 Å². The summed E-state index contributed by atoms with van der Waals surface area (Å²) < 4.78 is 1.79. The van der Waals surface area contributed by atoms with Crippen molar-refractivity contribution in [1.29, 1.82) is 0 Å². The van der Waals surface area contributed by atoms with Gasteiger partial charge in [-0.05, 0) is 70.9 Å². The molecule has 0 saturated heterocycles. The molecule has 0 unspecified atom stereocenters. The second-order valence-electron chi connectivity index (χ2n) is 8.53. The Morgan fingerprint density at radius 2 is 1.78 bits per heavy atom. The van der Waals surface area contributed by atoms with Gasteiger partial charge in [-0.15, -0.1) is 0 Å². The van der Waals surface area contributed by atoms with E-state index in [1.54, 1.807) is 4.68 Å². The van der Waals surface area contributed by atoms with Crippen LogP contribution in [0.3, 0.4) is 0 Å². The van der Waals surface area contributed by atoms with Crippen molar-refractivity contribution in [1.82, 2.24) is 20.0 Å². The van der Waals surface area contributed by atoms with Gasteiger partial charge in [-0.2, -0.15) is 5.10 Å². The van der Waals surface area contributed by atoms with Crippen LogP contribution in [0.1, 0.15) is 55.2 Å². The number of aromatic nitrogens is 2. The fraction of sp³-hybridized carbons (Fsp3) is 0.407. The molecular weight excluding hydrogens is 396 g/mol. The number of rotatable bonds is 10. The molecule has 2 aromatic carbocycles. The van der Waals surface area contributed by atoms with E-state index in [0.717, 1.165) is 55.0 Å². The van der Waals surface area contributed by atoms with Crippen molar-refractivity contribution in [2.24, 2.45) is 0 Å². The van der Waals surface area contributed by atoms with Crippen LogP contribution in [-0.4, -0.2) is 46.3 Å². The predicted octanol–water partition coefficient (Wildman–Crippen LogP) is 5.40. The molecule has 0 fully saturated rings. The Balaban J connectivity index is 1.84. The van der Waals surface area contributed by atoms with Crippen LogP contribution in [-0.2, 0) is 0 Å². The van der Waals surface area contributed by atoms with Crippen LogP contribution in [0.2, 0.25) is 0 Å². The summed E-state index contributed by atoms with van der Waals surface area (Å²) in [6.45, 7) is 13.8. The monoisotopic (exact) mass is 432 g/mol. The molecular formula is C27H36N4O. The SMILES string of the molecule is CCN(CC)CCC[C@H](C)NC(=O)c1cc(-c2ccccc2)nn1-c1ccc(C)cc1C. The minimum Gasteiger partial charge on any atom is -0.348 e. The summed E-state index contributed by atoms with van der Waals surface area (Å²) in [5.74, 6) is -0.0880. The molecule has 1 aromatic heterocycles. The maximum atomic E-state index is 13.3. The highest BCUT2D eigenvalue weighted by Gasteiger charge is 2.20. The maximum absolute atomic E-state index is 13.3. The lowest BCUT2D eigenvalue weighted by Crippen LogP contribution is -2.34. The predicted molar refractivity (Wildman–Crippen MR) is 132 cm³/mol. The molecule has 1 heterocycles. The van der Waals surface area contributed by atoms with E-state index in [1.807, 2.05) is 42.5 Å². The van der Waals surface area contributed by atoms with E-state index >= 15 is 0 Å². The number of nitrogens with zero attached hydrogens (tertiary/aromatic N) is 3. The van der Waals surface area contributed by atoms with Crippen LogP contribution in [0.25, 0.3) is 16.9 Å². The number of nitrogens with one attached hydrogen (secondary N) is 1. The average molecular weight is 433 g/mol. The molecule has 32 heavy (non-hydrogen) atoms. The summed E-state index contributed by atoms with van der Waals surface area (Å²) in [6.07, 6.45) is 2.01. The molecule has 5 heteroatoms. The first-order valence-corrected chi connectivity index (χ1v) is 11.7. The number of benzene rings is 2. The van der Waals surface area contributed by atoms with E-state index in [9.17, 15) is 4.79 Å². The van der Waals surface area contributed by atoms with Crippen LogP contribution in [0.15, 0.2) is 54.6 Å². The topological polar surface area (TPSA) is 50.2 Å². The second kappa shape index (κ2) is 11.1. The smallest absolute Gasteiger partial charge is 0.270 e. The van der Waals surface area contributed by atoms with E-state index in [-0.39, 0.29) is 11.9 Å². The summed E-state index contributed by atoms with van der Waals surface area (Å²) in [6, 6.07) is 18.2. The third-order valence-corrected chi connectivity index (χ3v) is 5.98. The van der Waals surface area contributed by atoms with Crippen LogP contribution in [0, 0.1) is 13.8 Å². The van der Waals surface area contributed by atoms with Gasteiger partial charge < -0.3 is 10.2 Å². The van der Waals surface area contributed by atoms with E-state index in [4.69, 9.17) is 5.10 Å². The molecule has 1 atom stereocenters. The van der Waals surface area contributed by atoms with E-state index in [2.05, 4.69) is 57.0 Å². The molecule has 0 spiro atoms. The zero-order chi connectivity index (χ0) is 23.1. The summed E-state index contributed by atoms with van der Waals surface area (Å²) in [5.41, 5.74) is 5.56. The Hall–Kier alpha value is -2.92. The Bertz CT molecular complexity index is 1020. The first kappa shape index (κ1) is 23.7. The van der Waals surface area contributed by atoms with Gasteiger partial charge in [0.2, 0.25) is 0 Å². The molecule has 0 aliphatic carbocycles. The molecule has 1 N–H and O–H groups in total. The summed E-state index contributed by atoms with van der Waals surface area (Å²) in [5, 5.41) is 8.02. The van der Waals surface area contributed by atoms with Gasteiger partial charge in [0.15, 0.2) is 0 Å². The average Bonchev–Trinajstić information content (AvgIpc) is 3.23. The minimum atomic E-state index is -0.0880. The zero-order valence-corrected chi connectivity index (χ0v) is 20.1. The first-order chi connectivity index (χ1) is 15.4. The second-order valence-corrected chi connectivity index (χ2v) is 8.53. The number of carbonyl (C=O) groups is 1. The Morgan fingerprint density at radius 3 is 2.44 bits per heavy atom. The molecule has 1 amide bonds. The molecule has 170 valence electrons. The van der Waals surface area contributed by atoms with Gasteiger partial charge in [-0.25, -0.2) is 4.68 Å². The normalized spacial score (nSPS) is 12.2. The number of aryl methyl sites for hydroxylation is 2. The molecule has 0 aliphatic heterocycles. The van der Waals surface area contributed by atoms with Crippen LogP contribution >= 0.6 is 0 Å². The lowest BCUT2D eigenvalue weighted by Gasteiger charge is -2.20. The largest absolute Gasteiger partial charge is 0.348 e. The standard InChI is InChI=1S/C27H36N4O/c1-6-30(7-2)17-11-12-22(5)28-27(32)26-19-24(23-13-9-8-10-14-23)29-31(26)25-16-15-20(3)18-21(25)4/h8-10,13-16,18-19,22H,6-7,11-12,17H2,1-5H3,(H,28,32)/t22-/m0/s1. The van der Waals surface area contributed by atoms with E-state index in [0.29, 0.717) is 5.69 Å². The number of hydrogen-bond acceptors (Lipinski definition) is 3. The molecule has 3 aromatic rings. The lowest BCUT2D eigenvalue weighted by molar-refractivity contribution is 0.0929. The summed E-state index contributed by atoms with van der Waals surface area (Å²) in [4.78, 5) is 15.7. The van der Waals surface area contributed by atoms with Crippen molar-refractivity contribution < 1.29 is 4.79 Å². The maximum Gasteiger partial charge on any atom is 0.270 e. The molecule has 5 nitrogen and oxygen atoms in total. The van der Waals surface area contributed by atoms with Crippen molar-refractivity contribution in [3.05, 3.63) is 71.4 Å². The van der Waals surface area contributed by atoms with Crippen molar-refractivity contribution >= 4 is 5.91 Å². The minimum absolute atomic E-state index is 0.0880. The Kier molecular flexibility index (Phi) is 8.23. The van der Waals surface area contributed by atoms with Crippen molar-refractivity contribution in [3.8, 4) is 16.9 Å². The van der Waals surface area contributed by atoms with Crippen molar-refractivity contribution in [2.45, 2.75) is 53.5 Å². The van der Waals surface area contributed by atoms with Gasteiger partial charge in [-0.1, -0.05) is 61.9 Å². The van der Waals surface area contributed by atoms with Crippen LogP contribution in [0.4, 0.5) is 0 Å². The van der Waals surface area contributed by atoms with Crippen molar-refractivity contribution in [2.75, 3.05) is 19.6 Å². The molecule has 0 radical (unpaired) electrons. The van der Waals surface area contributed by atoms with Crippen LogP contribution in [0.5, 0.6) is 0 Å². The Labute approximate surface area is 192 Å². The highest BCUT2D eigenvalue weighted by atomic mass is 16.2. The molecule has 0 aliphatic rings. The van der Waals surface area contributed by atoms with Gasteiger partial charge in [-0.3, -0.25) is 4.79 Å². The van der Waals surface area contributed by atoms with E-state index < -0.39 is 0 Å². The summed E-state index contributed by atoms with van der Waals surface area (Å²) in [7, 11) is 0. The van der Waals surface area contributed by atoms with Gasteiger partial charge in [0, 0.05) is 11.6 Å². The third-order valence-electron chi connectivity index (χ3n) is 5.98. The highest BCUT2D eigenvalue weighted by molar-refractivity contribution is 5.94. The van der Waals surface area contributed by atoms with Crippen LogP contribution < -0.4 is 5.32 Å². The third kappa shape index (κ3) is 5.86. The molecule has 0 saturated carbocycles. The van der Waals surface area contributed by atoms with Gasteiger partial charge >= 0.3 is 0 Å². The van der Waals surface area contributed by atoms with Crippen molar-refractivity contribution in [3.63, 3.8) is 0 Å².